The highest BCUT2D eigenvalue weighted by molar-refractivity contribution is 7.12. The van der Waals surface area contributed by atoms with E-state index in [0.29, 0.717) is 6.04 Å². The number of aromatic amines is 1. The Morgan fingerprint density at radius 3 is 2.76 bits per heavy atom. The van der Waals surface area contributed by atoms with Gasteiger partial charge in [0.2, 0.25) is 0 Å². The van der Waals surface area contributed by atoms with Crippen molar-refractivity contribution >= 4 is 22.2 Å². The van der Waals surface area contributed by atoms with Crippen LogP contribution in [0.3, 0.4) is 0 Å². The number of fused-ring (bicyclic) bond motifs is 3. The van der Waals surface area contributed by atoms with Crippen LogP contribution in [0.25, 0.3) is 10.9 Å². The van der Waals surface area contributed by atoms with Gasteiger partial charge in [-0.05, 0) is 56.5 Å². The molecule has 1 atom stereocenters. The maximum absolute atomic E-state index is 3.71. The Balaban J connectivity index is 1.94. The largest absolute Gasteiger partial charge is 0.356 e. The van der Waals surface area contributed by atoms with Crippen LogP contribution >= 0.6 is 11.3 Å². The molecule has 2 aromatic heterocycles. The average molecular weight is 296 g/mol. The zero-order valence-corrected chi connectivity index (χ0v) is 13.5. The Kier molecular flexibility index (Phi) is 2.95. The second kappa shape index (κ2) is 4.72. The minimum atomic E-state index is 0.319. The minimum Gasteiger partial charge on any atom is -0.356 e. The summed E-state index contributed by atoms with van der Waals surface area (Å²) in [5.41, 5.74) is 6.88. The van der Waals surface area contributed by atoms with E-state index in [1.807, 2.05) is 11.3 Å². The summed E-state index contributed by atoms with van der Waals surface area (Å²) in [6.45, 7) is 7.62. The van der Waals surface area contributed by atoms with E-state index >= 15 is 0 Å². The Labute approximate surface area is 129 Å². The normalized spacial score (nSPS) is 18.1. The van der Waals surface area contributed by atoms with Crippen LogP contribution in [0.2, 0.25) is 0 Å². The fourth-order valence-corrected chi connectivity index (χ4v) is 4.50. The highest BCUT2D eigenvalue weighted by Gasteiger charge is 2.26. The molecule has 3 aromatic rings. The van der Waals surface area contributed by atoms with Crippen molar-refractivity contribution in [1.82, 2.24) is 10.3 Å². The molecule has 1 aromatic carbocycles. The smallest absolute Gasteiger partial charge is 0.0826 e. The van der Waals surface area contributed by atoms with E-state index < -0.39 is 0 Å². The Morgan fingerprint density at radius 2 is 2.00 bits per heavy atom. The lowest BCUT2D eigenvalue weighted by Crippen LogP contribution is -2.29. The molecule has 3 heteroatoms. The molecular weight excluding hydrogens is 276 g/mol. The van der Waals surface area contributed by atoms with Crippen molar-refractivity contribution < 1.29 is 0 Å². The van der Waals surface area contributed by atoms with Crippen molar-refractivity contribution in [2.24, 2.45) is 0 Å². The number of benzene rings is 1. The Bertz CT molecular complexity index is 825. The second-order valence-electron chi connectivity index (χ2n) is 6.11. The zero-order valence-electron chi connectivity index (χ0n) is 12.7. The summed E-state index contributed by atoms with van der Waals surface area (Å²) in [6.07, 6.45) is 1.11. The van der Waals surface area contributed by atoms with Crippen molar-refractivity contribution in [3.8, 4) is 0 Å². The lowest BCUT2D eigenvalue weighted by molar-refractivity contribution is 0.567. The number of aryl methyl sites for hydroxylation is 3. The summed E-state index contributed by atoms with van der Waals surface area (Å²) in [7, 11) is 0. The van der Waals surface area contributed by atoms with E-state index in [4.69, 9.17) is 0 Å². The number of thiophene rings is 1. The van der Waals surface area contributed by atoms with Gasteiger partial charge in [-0.15, -0.1) is 11.3 Å². The fraction of sp³-hybridized carbons (Fsp3) is 0.333. The molecule has 1 aliphatic rings. The molecule has 0 spiro atoms. The zero-order chi connectivity index (χ0) is 14.6. The molecule has 0 saturated heterocycles. The first kappa shape index (κ1) is 13.1. The van der Waals surface area contributed by atoms with Crippen LogP contribution in [0.1, 0.15) is 38.2 Å². The standard InChI is InChI=1S/C18H20N2S/c1-10-8-11(2)16-14(9-10)13-6-7-19-18(17(13)20-16)15-5-4-12(3)21-15/h4-5,8-9,18-20H,6-7H2,1-3H3. The summed E-state index contributed by atoms with van der Waals surface area (Å²) in [5.74, 6) is 0. The van der Waals surface area contributed by atoms with Gasteiger partial charge in [0, 0.05) is 32.9 Å². The molecule has 1 unspecified atom stereocenters. The molecule has 0 fully saturated rings. The monoisotopic (exact) mass is 296 g/mol. The molecule has 3 heterocycles. The highest BCUT2D eigenvalue weighted by Crippen LogP contribution is 2.37. The van der Waals surface area contributed by atoms with Crippen LogP contribution in [-0.2, 0) is 6.42 Å². The van der Waals surface area contributed by atoms with Gasteiger partial charge in [0.05, 0.1) is 6.04 Å². The molecule has 2 nitrogen and oxygen atoms in total. The quantitative estimate of drug-likeness (QED) is 0.685. The van der Waals surface area contributed by atoms with Crippen molar-refractivity contribution in [3.63, 3.8) is 0 Å². The summed E-state index contributed by atoms with van der Waals surface area (Å²) in [4.78, 5) is 6.50. The van der Waals surface area contributed by atoms with Gasteiger partial charge in [0.25, 0.3) is 0 Å². The fourth-order valence-electron chi connectivity index (χ4n) is 3.54. The van der Waals surface area contributed by atoms with Crippen LogP contribution < -0.4 is 5.32 Å². The van der Waals surface area contributed by atoms with Gasteiger partial charge in [-0.3, -0.25) is 0 Å². The van der Waals surface area contributed by atoms with Gasteiger partial charge in [0.1, 0.15) is 0 Å². The van der Waals surface area contributed by atoms with Crippen LogP contribution in [0.5, 0.6) is 0 Å². The molecule has 0 aliphatic carbocycles. The second-order valence-corrected chi connectivity index (χ2v) is 7.43. The molecule has 0 saturated carbocycles. The number of aromatic nitrogens is 1. The molecule has 0 radical (unpaired) electrons. The molecule has 2 N–H and O–H groups in total. The van der Waals surface area contributed by atoms with Gasteiger partial charge in [-0.25, -0.2) is 0 Å². The van der Waals surface area contributed by atoms with Gasteiger partial charge in [-0.1, -0.05) is 11.6 Å². The molecular formula is C18H20N2S. The number of hydrogen-bond donors (Lipinski definition) is 2. The molecule has 0 amide bonds. The van der Waals surface area contributed by atoms with E-state index in [1.54, 1.807) is 0 Å². The van der Waals surface area contributed by atoms with E-state index in [9.17, 15) is 0 Å². The predicted octanol–water partition coefficient (Wildman–Crippen LogP) is 4.39. The van der Waals surface area contributed by atoms with Crippen LogP contribution in [0.15, 0.2) is 24.3 Å². The Hall–Kier alpha value is -1.58. The lowest BCUT2D eigenvalue weighted by atomic mass is 9.97. The van der Waals surface area contributed by atoms with Crippen LogP contribution in [-0.4, -0.2) is 11.5 Å². The summed E-state index contributed by atoms with van der Waals surface area (Å²) in [6, 6.07) is 9.39. The maximum Gasteiger partial charge on any atom is 0.0826 e. The van der Waals surface area contributed by atoms with Crippen molar-refractivity contribution in [2.45, 2.75) is 33.2 Å². The first-order chi connectivity index (χ1) is 10.1. The van der Waals surface area contributed by atoms with Gasteiger partial charge >= 0.3 is 0 Å². The van der Waals surface area contributed by atoms with Crippen LogP contribution in [0, 0.1) is 20.8 Å². The third-order valence-corrected chi connectivity index (χ3v) is 5.51. The first-order valence-corrected chi connectivity index (χ1v) is 8.36. The number of H-pyrrole nitrogens is 1. The first-order valence-electron chi connectivity index (χ1n) is 7.55. The summed E-state index contributed by atoms with van der Waals surface area (Å²) in [5, 5.41) is 5.10. The third-order valence-electron chi connectivity index (χ3n) is 4.45. The van der Waals surface area contributed by atoms with Gasteiger partial charge in [0.15, 0.2) is 0 Å². The van der Waals surface area contributed by atoms with E-state index in [-0.39, 0.29) is 0 Å². The molecule has 1 aliphatic heterocycles. The molecule has 4 rings (SSSR count). The number of nitrogens with one attached hydrogen (secondary N) is 2. The lowest BCUT2D eigenvalue weighted by Gasteiger charge is -2.23. The third kappa shape index (κ3) is 2.03. The van der Waals surface area contributed by atoms with Crippen molar-refractivity contribution in [2.75, 3.05) is 6.54 Å². The highest BCUT2D eigenvalue weighted by atomic mass is 32.1. The summed E-state index contributed by atoms with van der Waals surface area (Å²) < 4.78 is 0. The number of rotatable bonds is 1. The van der Waals surface area contributed by atoms with Crippen molar-refractivity contribution in [1.29, 1.82) is 0 Å². The molecule has 0 bridgehead atoms. The Morgan fingerprint density at radius 1 is 1.14 bits per heavy atom. The van der Waals surface area contributed by atoms with E-state index in [2.05, 4.69) is 55.3 Å². The van der Waals surface area contributed by atoms with Gasteiger partial charge in [-0.2, -0.15) is 0 Å². The van der Waals surface area contributed by atoms with Gasteiger partial charge < -0.3 is 10.3 Å². The van der Waals surface area contributed by atoms with E-state index in [1.165, 1.54) is 43.0 Å². The SMILES string of the molecule is Cc1cc(C)c2[nH]c3c(c2c1)CCNC3c1ccc(C)s1. The molecule has 21 heavy (non-hydrogen) atoms. The van der Waals surface area contributed by atoms with Crippen LogP contribution in [0.4, 0.5) is 0 Å². The predicted molar refractivity (Wildman–Crippen MR) is 90.4 cm³/mol. The van der Waals surface area contributed by atoms with E-state index in [0.717, 1.165) is 13.0 Å². The maximum atomic E-state index is 3.71. The minimum absolute atomic E-state index is 0.319. The molecule has 108 valence electrons. The topological polar surface area (TPSA) is 27.8 Å². The summed E-state index contributed by atoms with van der Waals surface area (Å²) >= 11 is 1.89. The number of hydrogen-bond acceptors (Lipinski definition) is 2. The average Bonchev–Trinajstić information content (AvgIpc) is 3.03. The van der Waals surface area contributed by atoms with Crippen molar-refractivity contribution in [3.05, 3.63) is 56.4 Å².